The van der Waals surface area contributed by atoms with Crippen LogP contribution < -0.4 is 21.7 Å². The van der Waals surface area contributed by atoms with Gasteiger partial charge in [0.05, 0.1) is 6.42 Å². The van der Waals surface area contributed by atoms with Crippen molar-refractivity contribution in [2.24, 2.45) is 11.5 Å². The van der Waals surface area contributed by atoms with Crippen LogP contribution in [0.5, 0.6) is 0 Å². The summed E-state index contributed by atoms with van der Waals surface area (Å²) < 4.78 is 0. The Hall–Kier alpha value is -3.19. The van der Waals surface area contributed by atoms with Crippen molar-refractivity contribution in [3.63, 3.8) is 0 Å². The zero-order chi connectivity index (χ0) is 20.0. The third kappa shape index (κ3) is 4.92. The fourth-order valence-electron chi connectivity index (χ4n) is 2.62. The summed E-state index contributed by atoms with van der Waals surface area (Å²) >= 11 is 0. The molecule has 0 heterocycles. The molecule has 0 fully saturated rings. The number of amides is 3. The number of primary amides is 1. The monoisotopic (exact) mass is 368 g/mol. The minimum Gasteiger partial charge on any atom is -0.368 e. The van der Waals surface area contributed by atoms with Crippen LogP contribution in [0, 0.1) is 0 Å². The molecule has 2 aromatic rings. The first-order valence-electron chi connectivity index (χ1n) is 8.50. The van der Waals surface area contributed by atoms with Crippen molar-refractivity contribution < 1.29 is 14.4 Å². The van der Waals surface area contributed by atoms with Gasteiger partial charge < -0.3 is 21.7 Å². The number of nitrogens with two attached hydrogens (primary N) is 2. The molecule has 0 bridgehead atoms. The van der Waals surface area contributed by atoms with E-state index in [9.17, 15) is 14.4 Å². The molecule has 0 unspecified atom stereocenters. The number of hydrogen-bond acceptors (Lipinski definition) is 4. The zero-order valence-corrected chi connectivity index (χ0v) is 15.4. The predicted molar refractivity (Wildman–Crippen MR) is 105 cm³/mol. The summed E-state index contributed by atoms with van der Waals surface area (Å²) in [5.74, 6) is -0.851. The van der Waals surface area contributed by atoms with Gasteiger partial charge in [0.2, 0.25) is 18.2 Å². The molecule has 0 radical (unpaired) electrons. The maximum absolute atomic E-state index is 12.3. The second-order valence-electron chi connectivity index (χ2n) is 6.70. The largest absolute Gasteiger partial charge is 0.368 e. The summed E-state index contributed by atoms with van der Waals surface area (Å²) in [6, 6.07) is 14.4. The van der Waals surface area contributed by atoms with Crippen LogP contribution in [-0.2, 0) is 27.3 Å². The first-order chi connectivity index (χ1) is 12.8. The van der Waals surface area contributed by atoms with Crippen molar-refractivity contribution in [1.29, 1.82) is 0 Å². The van der Waals surface area contributed by atoms with Gasteiger partial charge in [-0.2, -0.15) is 0 Å². The summed E-state index contributed by atoms with van der Waals surface area (Å²) in [7, 11) is 0. The third-order valence-electron chi connectivity index (χ3n) is 4.29. The number of carbonyl (C=O) groups is 3. The van der Waals surface area contributed by atoms with E-state index >= 15 is 0 Å². The van der Waals surface area contributed by atoms with Gasteiger partial charge in [0.15, 0.2) is 0 Å². The van der Waals surface area contributed by atoms with E-state index in [1.165, 1.54) is 4.90 Å². The minimum absolute atomic E-state index is 0.201. The molecule has 2 rings (SSSR count). The molecule has 0 spiro atoms. The SMILES string of the molecule is CC(C)(C(N)=O)N(C=O)c1cc(CN)cc(NC(=O)Cc2ccccc2)c1. The third-order valence-corrected chi connectivity index (χ3v) is 4.29. The Morgan fingerprint density at radius 3 is 2.33 bits per heavy atom. The van der Waals surface area contributed by atoms with Crippen LogP contribution in [0.15, 0.2) is 48.5 Å². The second-order valence-corrected chi connectivity index (χ2v) is 6.70. The zero-order valence-electron chi connectivity index (χ0n) is 15.4. The van der Waals surface area contributed by atoms with Crippen molar-refractivity contribution in [3.05, 3.63) is 59.7 Å². The molecule has 5 N–H and O–H groups in total. The summed E-state index contributed by atoms with van der Waals surface area (Å²) in [6.45, 7) is 3.30. The highest BCUT2D eigenvalue weighted by atomic mass is 16.2. The van der Waals surface area contributed by atoms with E-state index in [0.29, 0.717) is 23.3 Å². The summed E-state index contributed by atoms with van der Waals surface area (Å²) in [6.07, 6.45) is 0.753. The molecule has 0 saturated heterocycles. The molecule has 0 aliphatic rings. The number of anilines is 2. The van der Waals surface area contributed by atoms with E-state index in [4.69, 9.17) is 11.5 Å². The van der Waals surface area contributed by atoms with Crippen molar-refractivity contribution in [3.8, 4) is 0 Å². The lowest BCUT2D eigenvalue weighted by atomic mass is 10.0. The Labute approximate surface area is 158 Å². The van der Waals surface area contributed by atoms with Gasteiger partial charge in [0.1, 0.15) is 5.54 Å². The molecule has 7 nitrogen and oxygen atoms in total. The van der Waals surface area contributed by atoms with E-state index in [2.05, 4.69) is 5.32 Å². The molecular formula is C20H24N4O3. The van der Waals surface area contributed by atoms with Crippen molar-refractivity contribution in [2.45, 2.75) is 32.4 Å². The average molecular weight is 368 g/mol. The number of nitrogens with one attached hydrogen (secondary N) is 1. The van der Waals surface area contributed by atoms with E-state index < -0.39 is 11.4 Å². The molecule has 0 aliphatic carbocycles. The lowest BCUT2D eigenvalue weighted by Gasteiger charge is -2.33. The van der Waals surface area contributed by atoms with Gasteiger partial charge in [-0.15, -0.1) is 0 Å². The Kier molecular flexibility index (Phi) is 6.31. The molecule has 0 aliphatic heterocycles. The van der Waals surface area contributed by atoms with Gasteiger partial charge in [-0.1, -0.05) is 30.3 Å². The van der Waals surface area contributed by atoms with Crippen molar-refractivity contribution >= 4 is 29.6 Å². The van der Waals surface area contributed by atoms with Gasteiger partial charge in [-0.3, -0.25) is 14.4 Å². The molecule has 2 aromatic carbocycles. The van der Waals surface area contributed by atoms with Crippen LogP contribution >= 0.6 is 0 Å². The highest BCUT2D eigenvalue weighted by Crippen LogP contribution is 2.27. The maximum atomic E-state index is 12.3. The van der Waals surface area contributed by atoms with E-state index in [-0.39, 0.29) is 18.9 Å². The van der Waals surface area contributed by atoms with Gasteiger partial charge in [0.25, 0.3) is 0 Å². The Morgan fingerprint density at radius 2 is 1.78 bits per heavy atom. The first kappa shape index (κ1) is 20.1. The van der Waals surface area contributed by atoms with Crippen molar-refractivity contribution in [2.75, 3.05) is 10.2 Å². The van der Waals surface area contributed by atoms with Crippen LogP contribution in [0.3, 0.4) is 0 Å². The average Bonchev–Trinajstić information content (AvgIpc) is 2.62. The van der Waals surface area contributed by atoms with Gasteiger partial charge in [-0.25, -0.2) is 0 Å². The molecule has 7 heteroatoms. The number of nitrogens with zero attached hydrogens (tertiary/aromatic N) is 1. The highest BCUT2D eigenvalue weighted by Gasteiger charge is 2.33. The Morgan fingerprint density at radius 1 is 1.11 bits per heavy atom. The number of benzene rings is 2. The molecule has 0 atom stereocenters. The lowest BCUT2D eigenvalue weighted by molar-refractivity contribution is -0.124. The molecule has 27 heavy (non-hydrogen) atoms. The molecule has 0 saturated carbocycles. The van der Waals surface area contributed by atoms with Crippen LogP contribution in [-0.4, -0.2) is 23.8 Å². The highest BCUT2D eigenvalue weighted by molar-refractivity contribution is 5.96. The Bertz CT molecular complexity index is 834. The van der Waals surface area contributed by atoms with Gasteiger partial charge >= 0.3 is 0 Å². The first-order valence-corrected chi connectivity index (χ1v) is 8.50. The number of carbonyl (C=O) groups excluding carboxylic acids is 3. The topological polar surface area (TPSA) is 119 Å². The maximum Gasteiger partial charge on any atom is 0.243 e. The lowest BCUT2D eigenvalue weighted by Crippen LogP contribution is -2.53. The van der Waals surface area contributed by atoms with Crippen LogP contribution in [0.4, 0.5) is 11.4 Å². The quantitative estimate of drug-likeness (QED) is 0.613. The van der Waals surface area contributed by atoms with Crippen LogP contribution in [0.25, 0.3) is 0 Å². The van der Waals surface area contributed by atoms with Crippen molar-refractivity contribution in [1.82, 2.24) is 0 Å². The molecular weight excluding hydrogens is 344 g/mol. The van der Waals surface area contributed by atoms with Crippen LogP contribution in [0.2, 0.25) is 0 Å². The smallest absolute Gasteiger partial charge is 0.243 e. The molecule has 142 valence electrons. The summed E-state index contributed by atoms with van der Waals surface area (Å²) in [5.41, 5.74) is 12.4. The summed E-state index contributed by atoms with van der Waals surface area (Å²) in [5, 5.41) is 2.81. The molecule has 3 amide bonds. The number of hydrogen-bond donors (Lipinski definition) is 3. The normalized spacial score (nSPS) is 10.9. The fourth-order valence-corrected chi connectivity index (χ4v) is 2.62. The Balaban J connectivity index is 2.30. The second kappa shape index (κ2) is 8.46. The fraction of sp³-hybridized carbons (Fsp3) is 0.250. The van der Waals surface area contributed by atoms with E-state index in [1.54, 1.807) is 32.0 Å². The van der Waals surface area contributed by atoms with Gasteiger partial charge in [-0.05, 0) is 43.2 Å². The van der Waals surface area contributed by atoms with E-state index in [0.717, 1.165) is 5.56 Å². The van der Waals surface area contributed by atoms with Crippen LogP contribution in [0.1, 0.15) is 25.0 Å². The minimum atomic E-state index is -1.24. The summed E-state index contributed by atoms with van der Waals surface area (Å²) in [4.78, 5) is 36.9. The predicted octanol–water partition coefficient (Wildman–Crippen LogP) is 1.55. The van der Waals surface area contributed by atoms with E-state index in [1.807, 2.05) is 30.3 Å². The standard InChI is InChI=1S/C20H24N4O3/c1-20(2,19(22)27)24(13-25)17-9-15(12-21)8-16(11-17)23-18(26)10-14-6-4-3-5-7-14/h3-9,11,13H,10,12,21H2,1-2H3,(H2,22,27)(H,23,26). The molecule has 0 aromatic heterocycles. The van der Waals surface area contributed by atoms with Gasteiger partial charge in [0, 0.05) is 17.9 Å². The number of rotatable bonds is 8.